The summed E-state index contributed by atoms with van der Waals surface area (Å²) >= 11 is 0. The first-order chi connectivity index (χ1) is 14.8. The molecule has 9 nitrogen and oxygen atoms in total. The van der Waals surface area contributed by atoms with Gasteiger partial charge in [-0.1, -0.05) is 0 Å². The lowest BCUT2D eigenvalue weighted by Gasteiger charge is -2.49. The topological polar surface area (TPSA) is 83.6 Å². The first-order valence-electron chi connectivity index (χ1n) is 11.6. The largest absolute Gasteiger partial charge is 0.380 e. The summed E-state index contributed by atoms with van der Waals surface area (Å²) in [6.45, 7) is 6.27. The summed E-state index contributed by atoms with van der Waals surface area (Å²) in [6, 6.07) is 0.104. The van der Waals surface area contributed by atoms with Gasteiger partial charge in [-0.3, -0.25) is 9.69 Å². The molecule has 3 fully saturated rings. The maximum absolute atomic E-state index is 13.5. The van der Waals surface area contributed by atoms with Gasteiger partial charge in [-0.15, -0.1) is 0 Å². The van der Waals surface area contributed by atoms with E-state index >= 15 is 0 Å². The van der Waals surface area contributed by atoms with Gasteiger partial charge < -0.3 is 29.3 Å². The van der Waals surface area contributed by atoms with Crippen molar-refractivity contribution in [2.45, 2.75) is 44.4 Å². The Morgan fingerprint density at radius 1 is 1.23 bits per heavy atom. The molecule has 1 spiro atoms. The van der Waals surface area contributed by atoms with Crippen LogP contribution in [0.5, 0.6) is 0 Å². The minimum absolute atomic E-state index is 0.111. The predicted molar refractivity (Wildman–Crippen MR) is 117 cm³/mol. The molecule has 0 radical (unpaired) electrons. The molecule has 0 bridgehead atoms. The number of fused-ring (bicyclic) bond motifs is 1. The van der Waals surface area contributed by atoms with Crippen LogP contribution in [-0.4, -0.2) is 112 Å². The quantitative estimate of drug-likeness (QED) is 0.564. The highest BCUT2D eigenvalue weighted by Crippen LogP contribution is 2.45. The number of piperidine rings is 1. The number of nitrogens with one attached hydrogen (secondary N) is 1. The monoisotopic (exact) mass is 440 g/mol. The van der Waals surface area contributed by atoms with Crippen LogP contribution in [0.15, 0.2) is 0 Å². The van der Waals surface area contributed by atoms with Crippen molar-refractivity contribution < 1.29 is 23.8 Å². The van der Waals surface area contributed by atoms with Gasteiger partial charge in [0.15, 0.2) is 5.79 Å². The highest BCUT2D eigenvalue weighted by molar-refractivity contribution is 5.95. The molecule has 3 rings (SSSR count). The number of likely N-dealkylation sites (N-methyl/N-ethyl adjacent to an activating group) is 1. The standard InChI is InChI=1S/C22H40N4O5/c1-5-29-11-10-26(21(28)23-8-9-24(2)3)20(27)18-14-17-15-22(30-12-13-31-22)7-6-19(17)25(4)16-18/h17-19H,5-16H2,1-4H3,(H,23,28)/t17-,18-,19-/m1/s1. The molecule has 2 aliphatic heterocycles. The van der Waals surface area contributed by atoms with Crippen molar-refractivity contribution in [3.8, 4) is 0 Å². The van der Waals surface area contributed by atoms with Crippen molar-refractivity contribution in [1.29, 1.82) is 0 Å². The maximum atomic E-state index is 13.5. The zero-order valence-corrected chi connectivity index (χ0v) is 19.6. The van der Waals surface area contributed by atoms with Gasteiger partial charge in [0.2, 0.25) is 5.91 Å². The molecule has 0 aromatic rings. The average molecular weight is 441 g/mol. The van der Waals surface area contributed by atoms with Crippen LogP contribution >= 0.6 is 0 Å². The van der Waals surface area contributed by atoms with Gasteiger partial charge in [0.1, 0.15) is 0 Å². The molecule has 0 aromatic carbocycles. The third kappa shape index (κ3) is 6.16. The van der Waals surface area contributed by atoms with Crippen LogP contribution in [0.1, 0.15) is 32.6 Å². The molecule has 0 aromatic heterocycles. The molecule has 1 aliphatic carbocycles. The lowest BCUT2D eigenvalue weighted by atomic mass is 9.72. The average Bonchev–Trinajstić information content (AvgIpc) is 3.17. The lowest BCUT2D eigenvalue weighted by Crippen LogP contribution is -2.57. The number of urea groups is 1. The molecule has 178 valence electrons. The lowest BCUT2D eigenvalue weighted by molar-refractivity contribution is -0.202. The number of amides is 3. The molecule has 2 saturated heterocycles. The predicted octanol–water partition coefficient (Wildman–Crippen LogP) is 0.986. The fourth-order valence-electron chi connectivity index (χ4n) is 5.24. The Bertz CT molecular complexity index is 611. The SMILES string of the molecule is CCOCCN(C(=O)NCCN(C)C)C(=O)[C@@H]1C[C@@H]2CC3(CC[C@H]2N(C)C1)OCCO3. The Labute approximate surface area is 186 Å². The van der Waals surface area contributed by atoms with Gasteiger partial charge in [0, 0.05) is 45.1 Å². The van der Waals surface area contributed by atoms with Gasteiger partial charge in [-0.05, 0) is 46.8 Å². The molecule has 3 atom stereocenters. The van der Waals surface area contributed by atoms with E-state index in [0.717, 1.165) is 32.2 Å². The third-order valence-electron chi connectivity index (χ3n) is 6.77. The van der Waals surface area contributed by atoms with Gasteiger partial charge in [0.25, 0.3) is 0 Å². The van der Waals surface area contributed by atoms with E-state index in [1.54, 1.807) is 0 Å². The molecule has 31 heavy (non-hydrogen) atoms. The maximum Gasteiger partial charge on any atom is 0.324 e. The van der Waals surface area contributed by atoms with E-state index in [1.165, 1.54) is 4.90 Å². The van der Waals surface area contributed by atoms with Crippen molar-refractivity contribution in [2.75, 3.05) is 73.7 Å². The summed E-state index contributed by atoms with van der Waals surface area (Å²) in [6.07, 6.45) is 3.51. The van der Waals surface area contributed by atoms with E-state index in [4.69, 9.17) is 14.2 Å². The van der Waals surface area contributed by atoms with E-state index in [2.05, 4.69) is 17.3 Å². The Morgan fingerprint density at radius 2 is 1.97 bits per heavy atom. The fourth-order valence-corrected chi connectivity index (χ4v) is 5.24. The smallest absolute Gasteiger partial charge is 0.324 e. The van der Waals surface area contributed by atoms with Crippen LogP contribution in [0.2, 0.25) is 0 Å². The van der Waals surface area contributed by atoms with E-state index in [1.807, 2.05) is 25.9 Å². The third-order valence-corrected chi connectivity index (χ3v) is 6.77. The number of hydrogen-bond donors (Lipinski definition) is 1. The van der Waals surface area contributed by atoms with E-state index < -0.39 is 5.79 Å². The first-order valence-corrected chi connectivity index (χ1v) is 11.6. The number of carbonyl (C=O) groups excluding carboxylic acids is 2. The number of ether oxygens (including phenoxy) is 3. The molecule has 3 amide bonds. The first kappa shape index (κ1) is 24.4. The number of carbonyl (C=O) groups is 2. The van der Waals surface area contributed by atoms with Gasteiger partial charge in [-0.2, -0.15) is 0 Å². The van der Waals surface area contributed by atoms with Crippen molar-refractivity contribution in [3.05, 3.63) is 0 Å². The van der Waals surface area contributed by atoms with Crippen LogP contribution in [0.3, 0.4) is 0 Å². The summed E-state index contributed by atoms with van der Waals surface area (Å²) in [5, 5.41) is 2.88. The second-order valence-electron chi connectivity index (χ2n) is 9.27. The number of imide groups is 1. The molecule has 9 heteroatoms. The Kier molecular flexibility index (Phi) is 8.69. The summed E-state index contributed by atoms with van der Waals surface area (Å²) in [5.41, 5.74) is 0. The summed E-state index contributed by atoms with van der Waals surface area (Å²) in [4.78, 5) is 32.0. The van der Waals surface area contributed by atoms with Gasteiger partial charge >= 0.3 is 6.03 Å². The van der Waals surface area contributed by atoms with Crippen LogP contribution in [-0.2, 0) is 19.0 Å². The van der Waals surface area contributed by atoms with Gasteiger partial charge in [0.05, 0.1) is 32.3 Å². The van der Waals surface area contributed by atoms with Crippen LogP contribution in [0.4, 0.5) is 4.79 Å². The second kappa shape index (κ2) is 11.0. The number of likely N-dealkylation sites (tertiary alicyclic amines) is 1. The molecule has 0 unspecified atom stereocenters. The Hall–Kier alpha value is -1.26. The number of hydrogen-bond acceptors (Lipinski definition) is 7. The van der Waals surface area contributed by atoms with E-state index in [0.29, 0.717) is 51.5 Å². The van der Waals surface area contributed by atoms with Crippen LogP contribution < -0.4 is 5.32 Å². The van der Waals surface area contributed by atoms with Crippen LogP contribution in [0.25, 0.3) is 0 Å². The zero-order chi connectivity index (χ0) is 22.4. The van der Waals surface area contributed by atoms with Crippen molar-refractivity contribution in [2.24, 2.45) is 11.8 Å². The fraction of sp³-hybridized carbons (Fsp3) is 0.909. The normalized spacial score (nSPS) is 28.0. The highest BCUT2D eigenvalue weighted by atomic mass is 16.7. The summed E-state index contributed by atoms with van der Waals surface area (Å²) in [5.74, 6) is -0.472. The summed E-state index contributed by atoms with van der Waals surface area (Å²) < 4.78 is 17.3. The van der Waals surface area contributed by atoms with E-state index in [9.17, 15) is 9.59 Å². The molecule has 1 saturated carbocycles. The minimum atomic E-state index is -0.467. The highest BCUT2D eigenvalue weighted by Gasteiger charge is 2.49. The van der Waals surface area contributed by atoms with Crippen molar-refractivity contribution in [1.82, 2.24) is 20.0 Å². The molecule has 1 N–H and O–H groups in total. The van der Waals surface area contributed by atoms with Gasteiger partial charge in [-0.25, -0.2) is 4.79 Å². The van der Waals surface area contributed by atoms with Crippen LogP contribution in [0, 0.1) is 11.8 Å². The minimum Gasteiger partial charge on any atom is -0.380 e. The molecule has 2 heterocycles. The van der Waals surface area contributed by atoms with Crippen molar-refractivity contribution in [3.63, 3.8) is 0 Å². The molecular formula is C22H40N4O5. The van der Waals surface area contributed by atoms with Crippen molar-refractivity contribution >= 4 is 11.9 Å². The molecular weight excluding hydrogens is 400 g/mol. The number of nitrogens with zero attached hydrogens (tertiary/aromatic N) is 3. The second-order valence-corrected chi connectivity index (χ2v) is 9.27. The number of rotatable bonds is 8. The zero-order valence-electron chi connectivity index (χ0n) is 19.6. The summed E-state index contributed by atoms with van der Waals surface area (Å²) in [7, 11) is 5.99. The Balaban J connectivity index is 1.65. The molecule has 3 aliphatic rings. The van der Waals surface area contributed by atoms with E-state index in [-0.39, 0.29) is 24.4 Å². The Morgan fingerprint density at radius 3 is 2.65 bits per heavy atom.